The molecular formula is C13H26N2O3. The van der Waals surface area contributed by atoms with Crippen molar-refractivity contribution in [2.75, 3.05) is 33.3 Å². The number of urea groups is 1. The number of aliphatic hydroxyl groups is 1. The van der Waals surface area contributed by atoms with E-state index < -0.39 is 0 Å². The number of hydrogen-bond donors (Lipinski definition) is 1. The first-order chi connectivity index (χ1) is 8.38. The van der Waals surface area contributed by atoms with Gasteiger partial charge >= 0.3 is 6.03 Å². The molecule has 0 aliphatic carbocycles. The number of likely N-dealkylation sites (N-methyl/N-ethyl adjacent to an activating group) is 1. The van der Waals surface area contributed by atoms with Crippen LogP contribution in [-0.4, -0.2) is 65.9 Å². The fourth-order valence-electron chi connectivity index (χ4n) is 2.34. The first kappa shape index (κ1) is 15.2. The minimum Gasteiger partial charge on any atom is -0.395 e. The second-order valence-electron chi connectivity index (χ2n) is 5.53. The first-order valence-corrected chi connectivity index (χ1v) is 6.67. The second-order valence-corrected chi connectivity index (χ2v) is 5.53. The van der Waals surface area contributed by atoms with Gasteiger partial charge in [-0.15, -0.1) is 0 Å². The summed E-state index contributed by atoms with van der Waals surface area (Å²) in [5.41, 5.74) is -0.111. The van der Waals surface area contributed by atoms with Crippen LogP contribution in [0.4, 0.5) is 4.79 Å². The van der Waals surface area contributed by atoms with Crippen LogP contribution in [0.15, 0.2) is 0 Å². The molecule has 0 saturated carbocycles. The topological polar surface area (TPSA) is 53.0 Å². The molecule has 1 aliphatic rings. The molecule has 0 unspecified atom stereocenters. The number of nitrogens with zero attached hydrogens (tertiary/aromatic N) is 2. The number of carbonyl (C=O) groups excluding carboxylic acids is 1. The molecule has 5 heteroatoms. The number of rotatable bonds is 4. The van der Waals surface area contributed by atoms with Crippen LogP contribution >= 0.6 is 0 Å². The fraction of sp³-hybridized carbons (Fsp3) is 0.923. The van der Waals surface area contributed by atoms with Crippen LogP contribution in [0.3, 0.4) is 0 Å². The highest BCUT2D eigenvalue weighted by atomic mass is 16.5. The maximum Gasteiger partial charge on any atom is 0.319 e. The summed E-state index contributed by atoms with van der Waals surface area (Å²) in [4.78, 5) is 15.4. The lowest BCUT2D eigenvalue weighted by molar-refractivity contribution is -0.0959. The number of amides is 2. The van der Waals surface area contributed by atoms with Gasteiger partial charge < -0.3 is 19.6 Å². The zero-order chi connectivity index (χ0) is 13.8. The average molecular weight is 258 g/mol. The van der Waals surface area contributed by atoms with Gasteiger partial charge in [-0.25, -0.2) is 4.79 Å². The highest BCUT2D eigenvalue weighted by Gasteiger charge is 2.34. The molecule has 18 heavy (non-hydrogen) atoms. The Hall–Kier alpha value is -0.810. The molecule has 1 aliphatic heterocycles. The van der Waals surface area contributed by atoms with E-state index in [4.69, 9.17) is 9.84 Å². The first-order valence-electron chi connectivity index (χ1n) is 6.67. The smallest absolute Gasteiger partial charge is 0.319 e. The summed E-state index contributed by atoms with van der Waals surface area (Å²) in [5, 5.41) is 8.83. The third-order valence-corrected chi connectivity index (χ3v) is 3.37. The molecule has 0 aromatic rings. The second kappa shape index (κ2) is 6.38. The van der Waals surface area contributed by atoms with Crippen molar-refractivity contribution in [3.8, 4) is 0 Å². The van der Waals surface area contributed by atoms with Crippen molar-refractivity contribution < 1.29 is 14.6 Å². The summed E-state index contributed by atoms with van der Waals surface area (Å²) in [6.45, 7) is 8.02. The Morgan fingerprint density at radius 2 is 2.00 bits per heavy atom. The number of carbonyl (C=O) groups is 1. The van der Waals surface area contributed by atoms with E-state index >= 15 is 0 Å². The minimum absolute atomic E-state index is 0.00403. The third kappa shape index (κ3) is 4.14. The van der Waals surface area contributed by atoms with Crippen molar-refractivity contribution in [1.29, 1.82) is 0 Å². The fourth-order valence-corrected chi connectivity index (χ4v) is 2.34. The van der Waals surface area contributed by atoms with Gasteiger partial charge in [0.1, 0.15) is 0 Å². The number of likely N-dealkylation sites (tertiary alicyclic amines) is 1. The van der Waals surface area contributed by atoms with E-state index in [0.29, 0.717) is 6.54 Å². The summed E-state index contributed by atoms with van der Waals surface area (Å²) in [7, 11) is 1.72. The van der Waals surface area contributed by atoms with Crippen molar-refractivity contribution in [2.45, 2.75) is 45.3 Å². The molecule has 0 radical (unpaired) electrons. The van der Waals surface area contributed by atoms with Crippen LogP contribution in [-0.2, 0) is 4.74 Å². The van der Waals surface area contributed by atoms with Gasteiger partial charge in [0.15, 0.2) is 0 Å². The Balaban J connectivity index is 2.46. The van der Waals surface area contributed by atoms with E-state index in [0.717, 1.165) is 25.9 Å². The lowest BCUT2D eigenvalue weighted by Gasteiger charge is -2.41. The molecule has 1 fully saturated rings. The third-order valence-electron chi connectivity index (χ3n) is 3.37. The minimum atomic E-state index is -0.111. The van der Waals surface area contributed by atoms with Crippen molar-refractivity contribution in [3.05, 3.63) is 0 Å². The van der Waals surface area contributed by atoms with E-state index in [2.05, 4.69) is 6.92 Å². The van der Waals surface area contributed by atoms with Gasteiger partial charge in [-0.2, -0.15) is 0 Å². The molecule has 1 saturated heterocycles. The van der Waals surface area contributed by atoms with E-state index in [1.807, 2.05) is 18.7 Å². The standard InChI is InChI=1S/C13H26N2O3/c1-11(2)18-13(3)5-7-15(8-6-13)12(17)14(4)9-10-16/h11,16H,5-10H2,1-4H3. The largest absolute Gasteiger partial charge is 0.395 e. The molecule has 0 aromatic carbocycles. The van der Waals surface area contributed by atoms with E-state index in [-0.39, 0.29) is 24.3 Å². The summed E-state index contributed by atoms with van der Waals surface area (Å²) in [5.74, 6) is 0. The van der Waals surface area contributed by atoms with Crippen molar-refractivity contribution in [2.24, 2.45) is 0 Å². The van der Waals surface area contributed by atoms with E-state index in [9.17, 15) is 4.79 Å². The summed E-state index contributed by atoms with van der Waals surface area (Å²) in [6.07, 6.45) is 1.95. The van der Waals surface area contributed by atoms with Crippen LogP contribution in [0.25, 0.3) is 0 Å². The monoisotopic (exact) mass is 258 g/mol. The van der Waals surface area contributed by atoms with Gasteiger partial charge in [0.25, 0.3) is 0 Å². The zero-order valence-corrected chi connectivity index (χ0v) is 12.0. The predicted octanol–water partition coefficient (Wildman–Crippen LogP) is 1.31. The molecule has 1 heterocycles. The molecule has 0 spiro atoms. The van der Waals surface area contributed by atoms with Crippen molar-refractivity contribution >= 4 is 6.03 Å². The SMILES string of the molecule is CC(C)OC1(C)CCN(C(=O)N(C)CCO)CC1. The highest BCUT2D eigenvalue weighted by Crippen LogP contribution is 2.27. The molecule has 5 nitrogen and oxygen atoms in total. The van der Waals surface area contributed by atoms with Crippen molar-refractivity contribution in [3.63, 3.8) is 0 Å². The van der Waals surface area contributed by atoms with Gasteiger partial charge in [0.2, 0.25) is 0 Å². The molecule has 1 rings (SSSR count). The molecule has 0 aromatic heterocycles. The van der Waals surface area contributed by atoms with E-state index in [1.165, 1.54) is 0 Å². The highest BCUT2D eigenvalue weighted by molar-refractivity contribution is 5.74. The van der Waals surface area contributed by atoms with Crippen LogP contribution in [0.1, 0.15) is 33.6 Å². The molecule has 106 valence electrons. The predicted molar refractivity (Wildman–Crippen MR) is 70.5 cm³/mol. The Kier molecular flexibility index (Phi) is 5.41. The number of hydrogen-bond acceptors (Lipinski definition) is 3. The van der Waals surface area contributed by atoms with E-state index in [1.54, 1.807) is 11.9 Å². The quantitative estimate of drug-likeness (QED) is 0.827. The number of piperidine rings is 1. The Bertz CT molecular complexity index is 273. The maximum absolute atomic E-state index is 12.0. The van der Waals surface area contributed by atoms with Gasteiger partial charge in [0.05, 0.1) is 18.3 Å². The molecule has 0 bridgehead atoms. The summed E-state index contributed by atoms with van der Waals surface area (Å²) in [6, 6.07) is -0.00403. The van der Waals surface area contributed by atoms with Crippen LogP contribution in [0.2, 0.25) is 0 Å². The Morgan fingerprint density at radius 1 is 1.44 bits per heavy atom. The van der Waals surface area contributed by atoms with Crippen LogP contribution < -0.4 is 0 Å². The Morgan fingerprint density at radius 3 is 2.44 bits per heavy atom. The lowest BCUT2D eigenvalue weighted by atomic mass is 9.93. The summed E-state index contributed by atoms with van der Waals surface area (Å²) >= 11 is 0. The van der Waals surface area contributed by atoms with Gasteiger partial charge in [-0.3, -0.25) is 0 Å². The molecule has 1 N–H and O–H groups in total. The van der Waals surface area contributed by atoms with Gasteiger partial charge in [0, 0.05) is 26.7 Å². The van der Waals surface area contributed by atoms with Crippen LogP contribution in [0.5, 0.6) is 0 Å². The lowest BCUT2D eigenvalue weighted by Crippen LogP contribution is -2.51. The molecular weight excluding hydrogens is 232 g/mol. The number of aliphatic hydroxyl groups excluding tert-OH is 1. The zero-order valence-electron chi connectivity index (χ0n) is 12.0. The van der Waals surface area contributed by atoms with Gasteiger partial charge in [-0.1, -0.05) is 0 Å². The normalized spacial score (nSPS) is 19.1. The summed E-state index contributed by atoms with van der Waals surface area (Å²) < 4.78 is 5.92. The average Bonchev–Trinajstić information content (AvgIpc) is 2.28. The molecule has 0 atom stereocenters. The van der Waals surface area contributed by atoms with Crippen molar-refractivity contribution in [1.82, 2.24) is 9.80 Å². The van der Waals surface area contributed by atoms with Gasteiger partial charge in [-0.05, 0) is 33.6 Å². The maximum atomic E-state index is 12.0. The van der Waals surface area contributed by atoms with Crippen LogP contribution in [0, 0.1) is 0 Å². The Labute approximate surface area is 110 Å². The molecule has 2 amide bonds. The number of ether oxygens (including phenoxy) is 1.